The minimum Gasteiger partial charge on any atom is -0.490 e. The average molecular weight is 525 g/mol. The largest absolute Gasteiger partial charge is 0.490 e. The van der Waals surface area contributed by atoms with E-state index in [2.05, 4.69) is 0 Å². The standard InChI is InChI=1S/C26H21ClN2O6S/c1-2-34-23-13-17(10-11-22(23)35-16-18-6-5-8-20(27)12-18)14-24-25(30)28(26(31)36-24)15-19-7-3-4-9-21(19)29(32)33/h3-14H,2,15-16H2,1H3/b24-14-. The third-order valence-corrected chi connectivity index (χ3v) is 6.38. The van der Waals surface area contributed by atoms with Crippen LogP contribution >= 0.6 is 23.4 Å². The van der Waals surface area contributed by atoms with Gasteiger partial charge in [0.05, 0.1) is 23.0 Å². The third kappa shape index (κ3) is 5.87. The lowest BCUT2D eigenvalue weighted by molar-refractivity contribution is -0.385. The molecule has 0 unspecified atom stereocenters. The van der Waals surface area contributed by atoms with E-state index in [-0.39, 0.29) is 22.7 Å². The van der Waals surface area contributed by atoms with E-state index in [0.29, 0.717) is 35.3 Å². The van der Waals surface area contributed by atoms with Gasteiger partial charge in [0.1, 0.15) is 6.61 Å². The van der Waals surface area contributed by atoms with E-state index < -0.39 is 16.1 Å². The van der Waals surface area contributed by atoms with Gasteiger partial charge in [-0.1, -0.05) is 48.0 Å². The molecule has 0 aromatic heterocycles. The number of nitrogens with zero attached hydrogens (tertiary/aromatic N) is 2. The molecule has 0 bridgehead atoms. The van der Waals surface area contributed by atoms with Gasteiger partial charge in [-0.2, -0.15) is 0 Å². The number of thioether (sulfide) groups is 1. The molecule has 3 aromatic carbocycles. The summed E-state index contributed by atoms with van der Waals surface area (Å²) in [6, 6.07) is 18.6. The molecule has 8 nitrogen and oxygen atoms in total. The highest BCUT2D eigenvalue weighted by Gasteiger charge is 2.36. The summed E-state index contributed by atoms with van der Waals surface area (Å²) in [5.74, 6) is 0.508. The number of carbonyl (C=O) groups is 2. The van der Waals surface area contributed by atoms with Crippen LogP contribution in [0.25, 0.3) is 6.08 Å². The molecule has 0 saturated carbocycles. The number of amides is 2. The van der Waals surface area contributed by atoms with Crippen LogP contribution in [-0.2, 0) is 17.9 Å². The summed E-state index contributed by atoms with van der Waals surface area (Å²) in [6.07, 6.45) is 1.59. The Morgan fingerprint density at radius 3 is 2.58 bits per heavy atom. The SMILES string of the molecule is CCOc1cc(/C=C2\SC(=O)N(Cc3ccccc3[N+](=O)[O-])C2=O)ccc1OCc1cccc(Cl)c1. The molecule has 1 heterocycles. The van der Waals surface area contributed by atoms with Crippen LogP contribution in [0.15, 0.2) is 71.6 Å². The van der Waals surface area contributed by atoms with Crippen molar-refractivity contribution < 1.29 is 24.0 Å². The summed E-state index contributed by atoms with van der Waals surface area (Å²) >= 11 is 6.82. The van der Waals surface area contributed by atoms with E-state index in [9.17, 15) is 19.7 Å². The number of hydrogen-bond acceptors (Lipinski definition) is 7. The van der Waals surface area contributed by atoms with Crippen LogP contribution in [0.2, 0.25) is 5.02 Å². The number of nitro groups is 1. The van der Waals surface area contributed by atoms with Crippen LogP contribution in [0.5, 0.6) is 11.5 Å². The van der Waals surface area contributed by atoms with Gasteiger partial charge in [0.2, 0.25) is 0 Å². The predicted octanol–water partition coefficient (Wildman–Crippen LogP) is 6.46. The Morgan fingerprint density at radius 2 is 1.83 bits per heavy atom. The van der Waals surface area contributed by atoms with Crippen molar-refractivity contribution in [3.63, 3.8) is 0 Å². The van der Waals surface area contributed by atoms with Gasteiger partial charge in [-0.3, -0.25) is 24.6 Å². The number of carbonyl (C=O) groups excluding carboxylic acids is 2. The monoisotopic (exact) mass is 524 g/mol. The van der Waals surface area contributed by atoms with Crippen LogP contribution in [0.3, 0.4) is 0 Å². The maximum atomic E-state index is 12.9. The fourth-order valence-electron chi connectivity index (χ4n) is 3.57. The smallest absolute Gasteiger partial charge is 0.293 e. The van der Waals surface area contributed by atoms with Crippen LogP contribution in [0.1, 0.15) is 23.6 Å². The molecular weight excluding hydrogens is 504 g/mol. The second-order valence-electron chi connectivity index (χ2n) is 7.71. The lowest BCUT2D eigenvalue weighted by atomic mass is 10.1. The van der Waals surface area contributed by atoms with E-state index in [1.54, 1.807) is 36.4 Å². The number of nitro benzene ring substituents is 1. The fraction of sp³-hybridized carbons (Fsp3) is 0.154. The number of hydrogen-bond donors (Lipinski definition) is 0. The molecule has 10 heteroatoms. The van der Waals surface area contributed by atoms with Gasteiger partial charge >= 0.3 is 0 Å². The topological polar surface area (TPSA) is 99.0 Å². The highest BCUT2D eigenvalue weighted by Crippen LogP contribution is 2.36. The Kier molecular flexibility index (Phi) is 7.92. The van der Waals surface area contributed by atoms with Crippen molar-refractivity contribution in [3.8, 4) is 11.5 Å². The van der Waals surface area contributed by atoms with Crippen molar-refractivity contribution in [2.75, 3.05) is 6.61 Å². The minimum absolute atomic E-state index is 0.143. The first-order valence-electron chi connectivity index (χ1n) is 11.0. The molecule has 0 radical (unpaired) electrons. The molecule has 4 rings (SSSR count). The number of halogens is 1. The van der Waals surface area contributed by atoms with Gasteiger partial charge < -0.3 is 9.47 Å². The van der Waals surface area contributed by atoms with Gasteiger partial charge in [-0.05, 0) is 60.2 Å². The summed E-state index contributed by atoms with van der Waals surface area (Å²) < 4.78 is 11.6. The Hall–Kier alpha value is -3.82. The zero-order chi connectivity index (χ0) is 25.7. The molecule has 0 N–H and O–H groups in total. The van der Waals surface area contributed by atoms with Crippen LogP contribution in [0, 0.1) is 10.1 Å². The van der Waals surface area contributed by atoms with Gasteiger partial charge in [0.25, 0.3) is 16.8 Å². The highest BCUT2D eigenvalue weighted by molar-refractivity contribution is 8.18. The second-order valence-corrected chi connectivity index (χ2v) is 9.14. The number of rotatable bonds is 9. The zero-order valence-corrected chi connectivity index (χ0v) is 20.8. The quantitative estimate of drug-likeness (QED) is 0.180. The molecule has 1 saturated heterocycles. The molecule has 0 spiro atoms. The van der Waals surface area contributed by atoms with Gasteiger partial charge in [-0.15, -0.1) is 0 Å². The number of imide groups is 1. The summed E-state index contributed by atoms with van der Waals surface area (Å²) in [7, 11) is 0. The highest BCUT2D eigenvalue weighted by atomic mass is 35.5. The lowest BCUT2D eigenvalue weighted by Gasteiger charge is -2.13. The minimum atomic E-state index is -0.532. The summed E-state index contributed by atoms with van der Waals surface area (Å²) in [4.78, 5) is 37.5. The third-order valence-electron chi connectivity index (χ3n) is 5.24. The van der Waals surface area contributed by atoms with Crippen molar-refractivity contribution in [1.82, 2.24) is 4.90 Å². The summed E-state index contributed by atoms with van der Waals surface area (Å²) in [5.41, 5.74) is 1.69. The van der Waals surface area contributed by atoms with Crippen LogP contribution < -0.4 is 9.47 Å². The van der Waals surface area contributed by atoms with Crippen molar-refractivity contribution in [2.24, 2.45) is 0 Å². The molecule has 184 valence electrons. The Bertz CT molecular complexity index is 1360. The maximum absolute atomic E-state index is 12.9. The van der Waals surface area contributed by atoms with Crippen molar-refractivity contribution in [3.05, 3.63) is 103 Å². The van der Waals surface area contributed by atoms with Gasteiger partial charge in [0.15, 0.2) is 11.5 Å². The fourth-order valence-corrected chi connectivity index (χ4v) is 4.62. The normalized spacial score (nSPS) is 14.4. The maximum Gasteiger partial charge on any atom is 0.293 e. The van der Waals surface area contributed by atoms with Crippen LogP contribution in [-0.4, -0.2) is 27.6 Å². The Morgan fingerprint density at radius 1 is 1.03 bits per heavy atom. The zero-order valence-electron chi connectivity index (χ0n) is 19.2. The lowest BCUT2D eigenvalue weighted by Crippen LogP contribution is -2.27. The molecule has 0 aliphatic carbocycles. The molecule has 0 atom stereocenters. The van der Waals surface area contributed by atoms with Crippen molar-refractivity contribution >= 4 is 46.3 Å². The number of benzene rings is 3. The van der Waals surface area contributed by atoms with Crippen molar-refractivity contribution in [2.45, 2.75) is 20.1 Å². The second kappa shape index (κ2) is 11.3. The molecule has 3 aromatic rings. The van der Waals surface area contributed by atoms with Gasteiger partial charge in [-0.25, -0.2) is 0 Å². The van der Waals surface area contributed by atoms with Gasteiger partial charge in [0, 0.05) is 16.7 Å². The molecule has 2 amide bonds. The van der Waals surface area contributed by atoms with E-state index in [1.807, 2.05) is 25.1 Å². The Labute approximate surface area is 216 Å². The van der Waals surface area contributed by atoms with E-state index in [1.165, 1.54) is 18.2 Å². The first-order valence-corrected chi connectivity index (χ1v) is 12.2. The first-order chi connectivity index (χ1) is 17.4. The molecule has 1 aliphatic heterocycles. The van der Waals surface area contributed by atoms with E-state index >= 15 is 0 Å². The summed E-state index contributed by atoms with van der Waals surface area (Å²) in [5, 5.41) is 11.4. The van der Waals surface area contributed by atoms with Crippen LogP contribution in [0.4, 0.5) is 10.5 Å². The van der Waals surface area contributed by atoms with Crippen molar-refractivity contribution in [1.29, 1.82) is 0 Å². The van der Waals surface area contributed by atoms with E-state index in [4.69, 9.17) is 21.1 Å². The first kappa shape index (κ1) is 25.3. The average Bonchev–Trinajstić information content (AvgIpc) is 3.11. The molecule has 1 aliphatic rings. The molecule has 1 fully saturated rings. The number of para-hydroxylation sites is 1. The Balaban J connectivity index is 1.52. The van der Waals surface area contributed by atoms with E-state index in [0.717, 1.165) is 22.2 Å². The summed E-state index contributed by atoms with van der Waals surface area (Å²) in [6.45, 7) is 2.37. The molecular formula is C26H21ClN2O6S. The molecule has 36 heavy (non-hydrogen) atoms. The number of ether oxygens (including phenoxy) is 2. The predicted molar refractivity (Wildman–Crippen MR) is 138 cm³/mol.